The Morgan fingerprint density at radius 1 is 1.30 bits per heavy atom. The standard InChI is InChI=1S/C15H31N3O2/c1-11-8-12(9-18(11)7)16-10-15(5,6)17-13(19)20-14(2,3)4/h11-12,16H,8-10H2,1-7H3,(H,17,19). The summed E-state index contributed by atoms with van der Waals surface area (Å²) >= 11 is 0. The van der Waals surface area contributed by atoms with E-state index in [1.807, 2.05) is 34.6 Å². The van der Waals surface area contributed by atoms with Crippen molar-refractivity contribution >= 4 is 6.09 Å². The minimum atomic E-state index is -0.461. The quantitative estimate of drug-likeness (QED) is 0.829. The molecule has 1 heterocycles. The Morgan fingerprint density at radius 3 is 2.35 bits per heavy atom. The van der Waals surface area contributed by atoms with E-state index < -0.39 is 5.60 Å². The molecule has 1 saturated heterocycles. The van der Waals surface area contributed by atoms with Crippen molar-refractivity contribution in [1.82, 2.24) is 15.5 Å². The van der Waals surface area contributed by atoms with Crippen LogP contribution in [0.4, 0.5) is 4.79 Å². The third-order valence-electron chi connectivity index (χ3n) is 3.56. The molecule has 0 aromatic heterocycles. The van der Waals surface area contributed by atoms with Crippen molar-refractivity contribution in [2.75, 3.05) is 20.1 Å². The molecule has 0 aliphatic carbocycles. The van der Waals surface area contributed by atoms with E-state index in [0.717, 1.165) is 19.5 Å². The Hall–Kier alpha value is -0.810. The largest absolute Gasteiger partial charge is 0.444 e. The molecule has 2 atom stereocenters. The van der Waals surface area contributed by atoms with E-state index in [1.165, 1.54) is 0 Å². The Balaban J connectivity index is 2.36. The summed E-state index contributed by atoms with van der Waals surface area (Å²) in [6.07, 6.45) is 0.792. The number of hydrogen-bond acceptors (Lipinski definition) is 4. The fourth-order valence-corrected chi connectivity index (χ4v) is 2.37. The topological polar surface area (TPSA) is 53.6 Å². The van der Waals surface area contributed by atoms with Gasteiger partial charge in [0.25, 0.3) is 0 Å². The molecule has 1 rings (SSSR count). The predicted octanol–water partition coefficient (Wildman–Crippen LogP) is 1.97. The van der Waals surface area contributed by atoms with Crippen molar-refractivity contribution in [2.45, 2.75) is 71.2 Å². The molecule has 1 aliphatic heterocycles. The molecule has 118 valence electrons. The Kier molecular flexibility index (Phi) is 5.44. The van der Waals surface area contributed by atoms with Gasteiger partial charge in [0, 0.05) is 25.2 Å². The van der Waals surface area contributed by atoms with Crippen LogP contribution in [0.25, 0.3) is 0 Å². The fourth-order valence-electron chi connectivity index (χ4n) is 2.37. The van der Waals surface area contributed by atoms with E-state index in [-0.39, 0.29) is 11.6 Å². The van der Waals surface area contributed by atoms with Gasteiger partial charge in [-0.3, -0.25) is 0 Å². The first kappa shape index (κ1) is 17.2. The van der Waals surface area contributed by atoms with Crippen LogP contribution in [0, 0.1) is 0 Å². The third kappa shape index (κ3) is 6.09. The molecule has 5 heteroatoms. The summed E-state index contributed by atoms with van der Waals surface area (Å²) in [6.45, 7) is 13.7. The highest BCUT2D eigenvalue weighted by Gasteiger charge is 2.29. The van der Waals surface area contributed by atoms with Gasteiger partial charge in [0.2, 0.25) is 0 Å². The lowest BCUT2D eigenvalue weighted by molar-refractivity contribution is 0.0471. The lowest BCUT2D eigenvalue weighted by Crippen LogP contribution is -2.53. The molecule has 0 aromatic carbocycles. The first-order valence-electron chi connectivity index (χ1n) is 7.43. The molecule has 0 saturated carbocycles. The zero-order valence-electron chi connectivity index (χ0n) is 14.0. The van der Waals surface area contributed by atoms with Gasteiger partial charge in [-0.15, -0.1) is 0 Å². The molecule has 5 nitrogen and oxygen atoms in total. The second kappa shape index (κ2) is 6.31. The van der Waals surface area contributed by atoms with E-state index >= 15 is 0 Å². The average molecular weight is 285 g/mol. The lowest BCUT2D eigenvalue weighted by Gasteiger charge is -2.30. The maximum absolute atomic E-state index is 11.8. The summed E-state index contributed by atoms with van der Waals surface area (Å²) in [5.74, 6) is 0. The van der Waals surface area contributed by atoms with Crippen molar-refractivity contribution < 1.29 is 9.53 Å². The minimum absolute atomic E-state index is 0.327. The molecule has 0 bridgehead atoms. The maximum atomic E-state index is 11.8. The summed E-state index contributed by atoms with van der Waals surface area (Å²) in [6, 6.07) is 1.11. The van der Waals surface area contributed by atoms with E-state index in [1.54, 1.807) is 0 Å². The number of carbonyl (C=O) groups is 1. The third-order valence-corrected chi connectivity index (χ3v) is 3.56. The van der Waals surface area contributed by atoms with Gasteiger partial charge in [-0.25, -0.2) is 4.79 Å². The summed E-state index contributed by atoms with van der Waals surface area (Å²) < 4.78 is 5.29. The number of nitrogens with one attached hydrogen (secondary N) is 2. The maximum Gasteiger partial charge on any atom is 0.408 e. The highest BCUT2D eigenvalue weighted by molar-refractivity contribution is 5.68. The first-order chi connectivity index (χ1) is 8.98. The molecule has 1 amide bonds. The second-order valence-corrected chi connectivity index (χ2v) is 7.61. The van der Waals surface area contributed by atoms with Crippen LogP contribution in [0.5, 0.6) is 0 Å². The predicted molar refractivity (Wildman–Crippen MR) is 81.9 cm³/mol. The van der Waals surface area contributed by atoms with E-state index in [4.69, 9.17) is 4.74 Å². The van der Waals surface area contributed by atoms with Crippen molar-refractivity contribution in [2.24, 2.45) is 0 Å². The van der Waals surface area contributed by atoms with E-state index in [9.17, 15) is 4.79 Å². The van der Waals surface area contributed by atoms with Crippen LogP contribution in [-0.2, 0) is 4.74 Å². The van der Waals surface area contributed by atoms with Crippen molar-refractivity contribution in [3.8, 4) is 0 Å². The minimum Gasteiger partial charge on any atom is -0.444 e. The van der Waals surface area contributed by atoms with Gasteiger partial charge >= 0.3 is 6.09 Å². The van der Waals surface area contributed by atoms with Crippen LogP contribution >= 0.6 is 0 Å². The SMILES string of the molecule is CC1CC(NCC(C)(C)NC(=O)OC(C)(C)C)CN1C. The van der Waals surface area contributed by atoms with Crippen molar-refractivity contribution in [1.29, 1.82) is 0 Å². The summed E-state index contributed by atoms with van der Waals surface area (Å²) in [4.78, 5) is 14.2. The van der Waals surface area contributed by atoms with Gasteiger partial charge in [-0.05, 0) is 55.0 Å². The highest BCUT2D eigenvalue weighted by atomic mass is 16.6. The number of hydrogen-bond donors (Lipinski definition) is 2. The number of amides is 1. The number of carbonyl (C=O) groups excluding carboxylic acids is 1. The zero-order valence-corrected chi connectivity index (χ0v) is 14.0. The molecule has 0 spiro atoms. The summed E-state index contributed by atoms with van der Waals surface area (Å²) in [7, 11) is 2.15. The molecule has 2 unspecified atom stereocenters. The van der Waals surface area contributed by atoms with Crippen LogP contribution in [0.2, 0.25) is 0 Å². The van der Waals surface area contributed by atoms with Crippen LogP contribution in [0.3, 0.4) is 0 Å². The van der Waals surface area contributed by atoms with E-state index in [2.05, 4.69) is 29.5 Å². The normalized spacial score (nSPS) is 24.8. The average Bonchev–Trinajstić information content (AvgIpc) is 2.52. The molecular formula is C15H31N3O2. The summed E-state index contributed by atoms with van der Waals surface area (Å²) in [5, 5.41) is 6.46. The number of alkyl carbamates (subject to hydrolysis) is 1. The number of rotatable bonds is 4. The van der Waals surface area contributed by atoms with Crippen LogP contribution < -0.4 is 10.6 Å². The van der Waals surface area contributed by atoms with Crippen LogP contribution in [-0.4, -0.2) is 54.4 Å². The highest BCUT2D eigenvalue weighted by Crippen LogP contribution is 2.15. The smallest absolute Gasteiger partial charge is 0.408 e. The van der Waals surface area contributed by atoms with Crippen LogP contribution in [0.1, 0.15) is 48.0 Å². The van der Waals surface area contributed by atoms with Crippen molar-refractivity contribution in [3.05, 3.63) is 0 Å². The van der Waals surface area contributed by atoms with Gasteiger partial charge in [-0.1, -0.05) is 0 Å². The molecular weight excluding hydrogens is 254 g/mol. The van der Waals surface area contributed by atoms with Crippen molar-refractivity contribution in [3.63, 3.8) is 0 Å². The van der Waals surface area contributed by atoms with Gasteiger partial charge in [0.1, 0.15) is 5.60 Å². The molecule has 20 heavy (non-hydrogen) atoms. The molecule has 1 fully saturated rings. The van der Waals surface area contributed by atoms with Gasteiger partial charge in [0.05, 0.1) is 5.54 Å². The monoisotopic (exact) mass is 285 g/mol. The zero-order chi connectivity index (χ0) is 15.6. The van der Waals surface area contributed by atoms with Gasteiger partial charge in [0.15, 0.2) is 0 Å². The van der Waals surface area contributed by atoms with Gasteiger partial charge in [-0.2, -0.15) is 0 Å². The number of ether oxygens (including phenoxy) is 1. The fraction of sp³-hybridized carbons (Fsp3) is 0.933. The lowest BCUT2D eigenvalue weighted by atomic mass is 10.1. The number of likely N-dealkylation sites (N-methyl/N-ethyl adjacent to an activating group) is 1. The molecule has 2 N–H and O–H groups in total. The molecule has 0 aromatic rings. The Labute approximate surface area is 123 Å². The van der Waals surface area contributed by atoms with E-state index in [0.29, 0.717) is 12.1 Å². The Bertz CT molecular complexity index is 327. The first-order valence-corrected chi connectivity index (χ1v) is 7.43. The van der Waals surface area contributed by atoms with Crippen LogP contribution in [0.15, 0.2) is 0 Å². The summed E-state index contributed by atoms with van der Waals surface area (Å²) in [5.41, 5.74) is -0.788. The molecule has 1 aliphatic rings. The second-order valence-electron chi connectivity index (χ2n) is 7.61. The number of likely N-dealkylation sites (tertiary alicyclic amines) is 1. The van der Waals surface area contributed by atoms with Gasteiger partial charge < -0.3 is 20.3 Å². The molecule has 0 radical (unpaired) electrons. The number of nitrogens with zero attached hydrogens (tertiary/aromatic N) is 1. The Morgan fingerprint density at radius 2 is 1.90 bits per heavy atom.